The van der Waals surface area contributed by atoms with E-state index in [0.717, 1.165) is 16.8 Å². The Balaban J connectivity index is 1.69. The van der Waals surface area contributed by atoms with Crippen LogP contribution >= 0.6 is 11.3 Å². The van der Waals surface area contributed by atoms with E-state index in [9.17, 15) is 5.11 Å². The minimum absolute atomic E-state index is 0.239. The molecule has 0 radical (unpaired) electrons. The van der Waals surface area contributed by atoms with E-state index >= 15 is 0 Å². The van der Waals surface area contributed by atoms with Crippen LogP contribution in [0.15, 0.2) is 39.5 Å². The van der Waals surface area contributed by atoms with Gasteiger partial charge in [0.05, 0.1) is 6.54 Å². The van der Waals surface area contributed by atoms with Crippen molar-refractivity contribution in [3.8, 4) is 17.1 Å². The van der Waals surface area contributed by atoms with Crippen LogP contribution in [-0.2, 0) is 6.54 Å². The van der Waals surface area contributed by atoms with E-state index < -0.39 is 0 Å². The van der Waals surface area contributed by atoms with Crippen molar-refractivity contribution < 1.29 is 9.63 Å². The maximum atomic E-state index is 9.21. The topological polar surface area (TPSA) is 71.2 Å². The molecule has 3 rings (SSSR count). The molecule has 0 saturated heterocycles. The maximum absolute atomic E-state index is 9.21. The molecule has 20 heavy (non-hydrogen) atoms. The predicted molar refractivity (Wildman–Crippen MR) is 77.8 cm³/mol. The lowest BCUT2D eigenvalue weighted by Gasteiger charge is -2.02. The highest BCUT2D eigenvalue weighted by Gasteiger charge is 2.11. The number of phenols is 1. The quantitative estimate of drug-likeness (QED) is 0.719. The third-order valence-corrected chi connectivity index (χ3v) is 3.74. The summed E-state index contributed by atoms with van der Waals surface area (Å²) in [4.78, 5) is 4.36. The molecule has 1 aromatic carbocycles. The van der Waals surface area contributed by atoms with Crippen LogP contribution in [0.5, 0.6) is 5.75 Å². The molecule has 0 spiro atoms. The lowest BCUT2D eigenvalue weighted by atomic mass is 10.2. The van der Waals surface area contributed by atoms with Gasteiger partial charge in [0.2, 0.25) is 11.7 Å². The second-order valence-corrected chi connectivity index (χ2v) is 5.12. The zero-order valence-electron chi connectivity index (χ0n) is 10.8. The van der Waals surface area contributed by atoms with Crippen LogP contribution < -0.4 is 5.32 Å². The summed E-state index contributed by atoms with van der Waals surface area (Å²) in [5.41, 5.74) is 3.04. The number of aromatic nitrogens is 2. The molecule has 0 saturated carbocycles. The van der Waals surface area contributed by atoms with E-state index in [-0.39, 0.29) is 5.75 Å². The number of anilines is 1. The van der Waals surface area contributed by atoms with Crippen molar-refractivity contribution in [3.63, 3.8) is 0 Å². The van der Waals surface area contributed by atoms with Crippen LogP contribution in [0.3, 0.4) is 0 Å². The molecule has 5 nitrogen and oxygen atoms in total. The zero-order valence-corrected chi connectivity index (χ0v) is 11.6. The average molecular weight is 287 g/mol. The van der Waals surface area contributed by atoms with Crippen LogP contribution in [0.25, 0.3) is 11.4 Å². The molecule has 2 heterocycles. The number of hydrogen-bond donors (Lipinski definition) is 2. The van der Waals surface area contributed by atoms with Crippen molar-refractivity contribution in [2.45, 2.75) is 13.5 Å². The molecule has 0 aliphatic heterocycles. The molecule has 2 aromatic heterocycles. The molecular formula is C14H13N3O2S. The minimum Gasteiger partial charge on any atom is -0.508 e. The molecule has 2 N–H and O–H groups in total. The number of nitrogens with one attached hydrogen (secondary N) is 1. The van der Waals surface area contributed by atoms with Gasteiger partial charge in [-0.25, -0.2) is 0 Å². The van der Waals surface area contributed by atoms with Gasteiger partial charge in [-0.2, -0.15) is 16.3 Å². The van der Waals surface area contributed by atoms with Gasteiger partial charge in [-0.1, -0.05) is 5.16 Å². The number of hydrogen-bond acceptors (Lipinski definition) is 6. The molecule has 0 amide bonds. The van der Waals surface area contributed by atoms with Crippen LogP contribution in [0, 0.1) is 6.92 Å². The Morgan fingerprint density at radius 1 is 1.25 bits per heavy atom. The van der Waals surface area contributed by atoms with Crippen molar-refractivity contribution in [1.82, 2.24) is 10.1 Å². The summed E-state index contributed by atoms with van der Waals surface area (Å²) in [7, 11) is 0. The maximum Gasteiger partial charge on any atom is 0.246 e. The molecule has 6 heteroatoms. The van der Waals surface area contributed by atoms with E-state index in [0.29, 0.717) is 18.3 Å². The lowest BCUT2D eigenvalue weighted by Crippen LogP contribution is -1.99. The normalized spacial score (nSPS) is 10.7. The first-order valence-electron chi connectivity index (χ1n) is 6.11. The summed E-state index contributed by atoms with van der Waals surface area (Å²) in [5, 5.41) is 20.4. The highest BCUT2D eigenvalue weighted by atomic mass is 32.1. The number of rotatable bonds is 4. The highest BCUT2D eigenvalue weighted by Crippen LogP contribution is 2.24. The summed E-state index contributed by atoms with van der Waals surface area (Å²) in [6.45, 7) is 2.47. The zero-order chi connectivity index (χ0) is 13.9. The van der Waals surface area contributed by atoms with Gasteiger partial charge in [0.25, 0.3) is 0 Å². The Hall–Kier alpha value is -2.34. The van der Waals surface area contributed by atoms with Crippen molar-refractivity contribution >= 4 is 17.0 Å². The number of aromatic hydroxyl groups is 1. The molecule has 102 valence electrons. The van der Waals surface area contributed by atoms with Gasteiger partial charge < -0.3 is 14.9 Å². The van der Waals surface area contributed by atoms with E-state index in [4.69, 9.17) is 4.52 Å². The van der Waals surface area contributed by atoms with Crippen molar-refractivity contribution in [2.75, 3.05) is 5.32 Å². The first-order chi connectivity index (χ1) is 9.72. The third-order valence-electron chi connectivity index (χ3n) is 2.88. The van der Waals surface area contributed by atoms with Gasteiger partial charge in [0.1, 0.15) is 5.75 Å². The molecule has 0 unspecified atom stereocenters. The number of phenolic OH excluding ortho intramolecular Hbond substituents is 1. The molecule has 0 aliphatic rings. The summed E-state index contributed by atoms with van der Waals surface area (Å²) < 4.78 is 5.22. The van der Waals surface area contributed by atoms with E-state index in [2.05, 4.69) is 20.8 Å². The number of thiophene rings is 1. The Kier molecular flexibility index (Phi) is 3.39. The largest absolute Gasteiger partial charge is 0.508 e. The molecule has 3 aromatic rings. The van der Waals surface area contributed by atoms with Crippen LogP contribution in [0.2, 0.25) is 0 Å². The van der Waals surface area contributed by atoms with Gasteiger partial charge in [0, 0.05) is 16.6 Å². The SMILES string of the molecule is Cc1cscc1-c1noc(CNc2ccc(O)cc2)n1. The summed E-state index contributed by atoms with van der Waals surface area (Å²) in [6.07, 6.45) is 0. The fraction of sp³-hybridized carbons (Fsp3) is 0.143. The average Bonchev–Trinajstić information content (AvgIpc) is 3.06. The first kappa shape index (κ1) is 12.7. The van der Waals surface area contributed by atoms with Gasteiger partial charge in [-0.15, -0.1) is 0 Å². The lowest BCUT2D eigenvalue weighted by molar-refractivity contribution is 0.384. The van der Waals surface area contributed by atoms with E-state index in [1.54, 1.807) is 35.6 Å². The first-order valence-corrected chi connectivity index (χ1v) is 7.05. The summed E-state index contributed by atoms with van der Waals surface area (Å²) >= 11 is 1.62. The van der Waals surface area contributed by atoms with Crippen LogP contribution in [-0.4, -0.2) is 15.2 Å². The second kappa shape index (κ2) is 5.34. The Morgan fingerprint density at radius 3 is 2.75 bits per heavy atom. The molecule has 0 fully saturated rings. The number of aryl methyl sites for hydroxylation is 1. The molecular weight excluding hydrogens is 274 g/mol. The monoisotopic (exact) mass is 287 g/mol. The highest BCUT2D eigenvalue weighted by molar-refractivity contribution is 7.08. The summed E-state index contributed by atoms with van der Waals surface area (Å²) in [6, 6.07) is 6.82. The van der Waals surface area contributed by atoms with Crippen molar-refractivity contribution in [1.29, 1.82) is 0 Å². The van der Waals surface area contributed by atoms with Crippen LogP contribution in [0.1, 0.15) is 11.5 Å². The number of nitrogens with zero attached hydrogens (tertiary/aromatic N) is 2. The predicted octanol–water partition coefficient (Wildman–Crippen LogP) is 3.42. The van der Waals surface area contributed by atoms with Gasteiger partial charge in [-0.3, -0.25) is 0 Å². The van der Waals surface area contributed by atoms with Crippen molar-refractivity contribution in [3.05, 3.63) is 46.5 Å². The Labute approximate surface area is 119 Å². The second-order valence-electron chi connectivity index (χ2n) is 4.38. The standard InChI is InChI=1S/C14H13N3O2S/c1-9-7-20-8-12(9)14-16-13(19-17-14)6-15-10-2-4-11(18)5-3-10/h2-5,7-8,15,18H,6H2,1H3. The molecule has 0 aliphatic carbocycles. The van der Waals surface area contributed by atoms with Gasteiger partial charge in [-0.05, 0) is 42.1 Å². The smallest absolute Gasteiger partial charge is 0.246 e. The Bertz CT molecular complexity index is 703. The fourth-order valence-corrected chi connectivity index (χ4v) is 2.61. The van der Waals surface area contributed by atoms with E-state index in [1.165, 1.54) is 0 Å². The Morgan fingerprint density at radius 2 is 2.05 bits per heavy atom. The van der Waals surface area contributed by atoms with Crippen molar-refractivity contribution in [2.24, 2.45) is 0 Å². The number of benzene rings is 1. The van der Waals surface area contributed by atoms with Gasteiger partial charge >= 0.3 is 0 Å². The molecule has 0 atom stereocenters. The van der Waals surface area contributed by atoms with Gasteiger partial charge in [0.15, 0.2) is 0 Å². The third kappa shape index (κ3) is 2.65. The summed E-state index contributed by atoms with van der Waals surface area (Å²) in [5.74, 6) is 1.38. The van der Waals surface area contributed by atoms with E-state index in [1.807, 2.05) is 12.3 Å². The fourth-order valence-electron chi connectivity index (χ4n) is 1.78. The van der Waals surface area contributed by atoms with Crippen LogP contribution in [0.4, 0.5) is 5.69 Å². The minimum atomic E-state index is 0.239. The molecule has 0 bridgehead atoms.